The van der Waals surface area contributed by atoms with Gasteiger partial charge in [-0.1, -0.05) is 72.8 Å². The van der Waals surface area contributed by atoms with Gasteiger partial charge in [0.2, 0.25) is 0 Å². The van der Waals surface area contributed by atoms with Gasteiger partial charge < -0.3 is 15.1 Å². The van der Waals surface area contributed by atoms with Gasteiger partial charge in [-0.25, -0.2) is 0 Å². The maximum absolute atomic E-state index is 3.65. The van der Waals surface area contributed by atoms with Crippen molar-refractivity contribution < 1.29 is 0 Å². The Balaban J connectivity index is 1.60. The van der Waals surface area contributed by atoms with Gasteiger partial charge in [-0.15, -0.1) is 0 Å². The van der Waals surface area contributed by atoms with Gasteiger partial charge in [-0.05, 0) is 64.5 Å². The minimum atomic E-state index is 0.140. The summed E-state index contributed by atoms with van der Waals surface area (Å²) in [6.45, 7) is 0. The van der Waals surface area contributed by atoms with Crippen LogP contribution in [0, 0.1) is 0 Å². The highest BCUT2D eigenvalue weighted by molar-refractivity contribution is 5.98. The maximum atomic E-state index is 3.65. The molecule has 1 atom stereocenters. The van der Waals surface area contributed by atoms with Gasteiger partial charge in [0.1, 0.15) is 0 Å². The summed E-state index contributed by atoms with van der Waals surface area (Å²) in [7, 11) is 8.28. The molecular weight excluding hydrogens is 438 g/mol. The molecule has 0 saturated carbocycles. The molecule has 0 amide bonds. The lowest BCUT2D eigenvalue weighted by atomic mass is 9.82. The number of benzene rings is 5. The van der Waals surface area contributed by atoms with Gasteiger partial charge in [0.15, 0.2) is 0 Å². The minimum absolute atomic E-state index is 0.140. The molecule has 5 rings (SSSR count). The van der Waals surface area contributed by atoms with Gasteiger partial charge in [-0.2, -0.15) is 0 Å². The minimum Gasteiger partial charge on any atom is -0.378 e. The summed E-state index contributed by atoms with van der Waals surface area (Å²) in [4.78, 5) is 4.25. The summed E-state index contributed by atoms with van der Waals surface area (Å²) in [5.41, 5.74) is 8.47. The number of anilines is 4. The van der Waals surface area contributed by atoms with Crippen LogP contribution < -0.4 is 15.1 Å². The van der Waals surface area contributed by atoms with Gasteiger partial charge in [0.05, 0.1) is 0 Å². The molecule has 0 fully saturated rings. The lowest BCUT2D eigenvalue weighted by Gasteiger charge is -2.23. The van der Waals surface area contributed by atoms with E-state index in [1.807, 2.05) is 0 Å². The van der Waals surface area contributed by atoms with E-state index in [0.717, 1.165) is 11.4 Å². The van der Waals surface area contributed by atoms with Crippen LogP contribution in [0.4, 0.5) is 22.7 Å². The molecule has 0 aliphatic rings. The van der Waals surface area contributed by atoms with Gasteiger partial charge >= 0.3 is 0 Å². The molecule has 5 aromatic rings. The monoisotopic (exact) mass is 471 g/mol. The molecule has 0 aliphatic heterocycles. The summed E-state index contributed by atoms with van der Waals surface area (Å²) >= 11 is 0. The zero-order valence-electron chi connectivity index (χ0n) is 21.4. The second-order valence-electron chi connectivity index (χ2n) is 9.64. The Morgan fingerprint density at radius 1 is 0.500 bits per heavy atom. The lowest BCUT2D eigenvalue weighted by Crippen LogP contribution is -2.09. The fourth-order valence-electron chi connectivity index (χ4n) is 4.84. The van der Waals surface area contributed by atoms with E-state index in [9.17, 15) is 0 Å². The summed E-state index contributed by atoms with van der Waals surface area (Å²) in [5.74, 6) is 0.140. The van der Waals surface area contributed by atoms with Crippen molar-refractivity contribution in [2.45, 2.75) is 5.92 Å². The van der Waals surface area contributed by atoms with Crippen LogP contribution in [0.15, 0.2) is 115 Å². The normalized spacial score (nSPS) is 11.8. The molecule has 3 heteroatoms. The summed E-state index contributed by atoms with van der Waals surface area (Å²) in [5, 5.41) is 6.14. The van der Waals surface area contributed by atoms with E-state index >= 15 is 0 Å². The van der Waals surface area contributed by atoms with E-state index in [0.29, 0.717) is 0 Å². The van der Waals surface area contributed by atoms with Crippen LogP contribution in [-0.2, 0) is 0 Å². The Labute approximate surface area is 214 Å². The first-order chi connectivity index (χ1) is 17.5. The highest BCUT2D eigenvalue weighted by Crippen LogP contribution is 2.39. The zero-order chi connectivity index (χ0) is 25.1. The van der Waals surface area contributed by atoms with E-state index in [4.69, 9.17) is 0 Å². The molecule has 1 N–H and O–H groups in total. The summed E-state index contributed by atoms with van der Waals surface area (Å²) < 4.78 is 0. The van der Waals surface area contributed by atoms with Crippen molar-refractivity contribution in [1.82, 2.24) is 0 Å². The molecule has 0 heterocycles. The quantitative estimate of drug-likeness (QED) is 0.243. The zero-order valence-corrected chi connectivity index (χ0v) is 21.4. The number of nitrogens with zero attached hydrogens (tertiary/aromatic N) is 2. The van der Waals surface area contributed by atoms with Crippen LogP contribution in [0.2, 0.25) is 0 Å². The van der Waals surface area contributed by atoms with Crippen molar-refractivity contribution in [1.29, 1.82) is 0 Å². The third-order valence-electron chi connectivity index (χ3n) is 6.81. The Morgan fingerprint density at radius 2 is 1.03 bits per heavy atom. The number of nitrogens with one attached hydrogen (secondary N) is 1. The lowest BCUT2D eigenvalue weighted by molar-refractivity contribution is 0.987. The number of hydrogen-bond acceptors (Lipinski definition) is 3. The van der Waals surface area contributed by atoms with Gasteiger partial charge in [0, 0.05) is 62.2 Å². The first kappa shape index (κ1) is 23.5. The highest BCUT2D eigenvalue weighted by Gasteiger charge is 2.20. The predicted molar refractivity (Wildman–Crippen MR) is 156 cm³/mol. The fraction of sp³-hybridized carbons (Fsp3) is 0.152. The first-order valence-corrected chi connectivity index (χ1v) is 12.4. The van der Waals surface area contributed by atoms with Crippen LogP contribution in [0.25, 0.3) is 10.8 Å². The topological polar surface area (TPSA) is 18.5 Å². The van der Waals surface area contributed by atoms with Crippen molar-refractivity contribution in [3.63, 3.8) is 0 Å². The smallest absolute Gasteiger partial charge is 0.0464 e. The van der Waals surface area contributed by atoms with Crippen molar-refractivity contribution >= 4 is 33.5 Å². The van der Waals surface area contributed by atoms with E-state index in [1.54, 1.807) is 0 Å². The van der Waals surface area contributed by atoms with Crippen LogP contribution in [-0.4, -0.2) is 28.2 Å². The van der Waals surface area contributed by atoms with Crippen LogP contribution in [0.1, 0.15) is 22.6 Å². The molecule has 0 saturated heterocycles. The van der Waals surface area contributed by atoms with Crippen LogP contribution in [0.3, 0.4) is 0 Å². The molecule has 0 aromatic heterocycles. The maximum Gasteiger partial charge on any atom is 0.0464 e. The molecule has 180 valence electrons. The Hall–Kier alpha value is -4.24. The molecule has 36 heavy (non-hydrogen) atoms. The summed E-state index contributed by atoms with van der Waals surface area (Å²) in [6, 6.07) is 41.5. The second kappa shape index (κ2) is 10.2. The molecule has 5 aromatic carbocycles. The number of rotatable bonds is 7. The van der Waals surface area contributed by atoms with Gasteiger partial charge in [0.25, 0.3) is 0 Å². The van der Waals surface area contributed by atoms with E-state index in [-0.39, 0.29) is 5.92 Å². The van der Waals surface area contributed by atoms with Crippen molar-refractivity contribution in [3.05, 3.63) is 132 Å². The van der Waals surface area contributed by atoms with Crippen LogP contribution >= 0.6 is 0 Å². The highest BCUT2D eigenvalue weighted by atomic mass is 15.1. The number of fused-ring (bicyclic) bond motifs is 1. The van der Waals surface area contributed by atoms with E-state index in [1.165, 1.54) is 38.8 Å². The van der Waals surface area contributed by atoms with Crippen molar-refractivity contribution in [2.75, 3.05) is 43.3 Å². The van der Waals surface area contributed by atoms with Crippen molar-refractivity contribution in [2.24, 2.45) is 0 Å². The largest absolute Gasteiger partial charge is 0.378 e. The van der Waals surface area contributed by atoms with E-state index in [2.05, 4.69) is 159 Å². The third-order valence-corrected chi connectivity index (χ3v) is 6.81. The molecule has 3 nitrogen and oxygen atoms in total. The fourth-order valence-corrected chi connectivity index (χ4v) is 4.84. The number of hydrogen-bond donors (Lipinski definition) is 1. The molecule has 0 bridgehead atoms. The third kappa shape index (κ3) is 4.78. The average Bonchev–Trinajstić information content (AvgIpc) is 2.91. The Morgan fingerprint density at radius 3 is 1.64 bits per heavy atom. The summed E-state index contributed by atoms with van der Waals surface area (Å²) in [6.07, 6.45) is 0. The molecule has 0 aliphatic carbocycles. The molecule has 0 radical (unpaired) electrons. The Kier molecular flexibility index (Phi) is 6.64. The second-order valence-corrected chi connectivity index (χ2v) is 9.64. The molecule has 1 unspecified atom stereocenters. The SMILES string of the molecule is CN(C)c1ccc(Nc2ccc(C(c3ccccc3)c3ccc(N(C)C)cc3)c3ccccc23)cc1. The average molecular weight is 472 g/mol. The van der Waals surface area contributed by atoms with Gasteiger partial charge in [-0.3, -0.25) is 0 Å². The standard InChI is InChI=1S/C33H33N3/c1-35(2)27-18-14-25(15-19-27)33(24-10-6-5-7-11-24)31-22-23-32(30-13-9-8-12-29(30)31)34-26-16-20-28(21-17-26)36(3)4/h5-23,33-34H,1-4H3. The predicted octanol–water partition coefficient (Wildman–Crippen LogP) is 7.90. The molecule has 0 spiro atoms. The van der Waals surface area contributed by atoms with Crippen molar-refractivity contribution in [3.8, 4) is 0 Å². The molecular formula is C33H33N3. The first-order valence-electron chi connectivity index (χ1n) is 12.4. The van der Waals surface area contributed by atoms with E-state index < -0.39 is 0 Å². The Bertz CT molecular complexity index is 1440. The van der Waals surface area contributed by atoms with Crippen LogP contribution in [0.5, 0.6) is 0 Å².